The number of amides is 4. The number of primary amides is 4. The van der Waals surface area contributed by atoms with E-state index < -0.39 is 0 Å². The summed E-state index contributed by atoms with van der Waals surface area (Å²) < 4.78 is 0. The van der Waals surface area contributed by atoms with Crippen LogP contribution < -0.4 is 22.9 Å². The van der Waals surface area contributed by atoms with Gasteiger partial charge in [0.2, 0.25) is 0 Å². The monoisotopic (exact) mass is 266 g/mol. The van der Waals surface area contributed by atoms with Gasteiger partial charge in [0, 0.05) is 0 Å². The zero-order valence-corrected chi connectivity index (χ0v) is 8.90. The minimum atomic E-state index is 0. The second-order valence-electron chi connectivity index (χ2n) is 0.471. The number of nitrogens with two attached hydrogens (primary N) is 4. The van der Waals surface area contributed by atoms with Crippen molar-refractivity contribution in [3.8, 4) is 0 Å². The third-order valence-corrected chi connectivity index (χ3v) is 0. The molecule has 0 saturated carbocycles. The van der Waals surface area contributed by atoms with Gasteiger partial charge in [-0.05, 0) is 0 Å². The second-order valence-corrected chi connectivity index (χ2v) is 0.471. The first-order chi connectivity index (χ1) is 5.66. The molecule has 0 aromatic heterocycles. The number of carbonyl (C=O) groups excluding carboxylic acids is 4. The molecule has 0 fully saturated rings. The summed E-state index contributed by atoms with van der Waals surface area (Å²) in [4.78, 5) is 33.8. The first-order valence-electron chi connectivity index (χ1n) is 1.97. The molecule has 0 aliphatic carbocycles. The molecule has 0 aliphatic heterocycles. The first kappa shape index (κ1) is 29.8. The zero-order valence-electron chi connectivity index (χ0n) is 6.44. The van der Waals surface area contributed by atoms with Crippen LogP contribution in [-0.2, 0) is 45.4 Å². The summed E-state index contributed by atoms with van der Waals surface area (Å²) >= 11 is 0. The Balaban J connectivity index is -0.0000000213. The number of rotatable bonds is 0. The van der Waals surface area contributed by atoms with Crippen molar-refractivity contribution in [1.29, 1.82) is 0 Å². The van der Waals surface area contributed by atoms with Crippen molar-refractivity contribution in [3.05, 3.63) is 0 Å². The largest absolute Gasteiger partial charge is 4.00 e. The molecule has 0 aromatic carbocycles. The number of hydrogen-bond donors (Lipinski definition) is 4. The Bertz CT molecular complexity index is 78.1. The molecule has 0 unspecified atom stereocenters. The van der Waals surface area contributed by atoms with E-state index in [2.05, 4.69) is 22.9 Å². The molecule has 0 aromatic rings. The maximum Gasteiger partial charge on any atom is 4.00 e. The molecule has 0 rings (SSSR count). The van der Waals surface area contributed by atoms with Crippen molar-refractivity contribution in [3.63, 3.8) is 0 Å². The maximum atomic E-state index is 8.46. The minimum absolute atomic E-state index is 0. The fourth-order valence-corrected chi connectivity index (χ4v) is 0. The summed E-state index contributed by atoms with van der Waals surface area (Å²) in [6.45, 7) is 0. The van der Waals surface area contributed by atoms with Gasteiger partial charge < -0.3 is 42.1 Å². The van der Waals surface area contributed by atoms with Crippen LogP contribution in [0.1, 0.15) is 0 Å². The Morgan fingerprint density at radius 1 is 0.538 bits per heavy atom. The van der Waals surface area contributed by atoms with E-state index in [1.165, 1.54) is 0 Å². The van der Waals surface area contributed by atoms with Gasteiger partial charge in [0.15, 0.2) is 0 Å². The molecule has 0 bridgehead atoms. The van der Waals surface area contributed by atoms with Gasteiger partial charge in [-0.25, -0.2) is 0 Å². The van der Waals surface area contributed by atoms with E-state index >= 15 is 0 Å². The van der Waals surface area contributed by atoms with Gasteiger partial charge in [-0.3, -0.25) is 0 Å². The summed E-state index contributed by atoms with van der Waals surface area (Å²) in [7, 11) is 0. The van der Waals surface area contributed by atoms with Gasteiger partial charge in [0.1, 0.15) is 0 Å². The fourth-order valence-electron chi connectivity index (χ4n) is 0. The molecule has 72 valence electrons. The quantitative estimate of drug-likeness (QED) is 0.259. The van der Waals surface area contributed by atoms with E-state index in [1.54, 1.807) is 0 Å². The van der Waals surface area contributed by atoms with Gasteiger partial charge in [-0.1, -0.05) is 0 Å². The third kappa shape index (κ3) is 540. The van der Waals surface area contributed by atoms with E-state index in [9.17, 15) is 0 Å². The van der Waals surface area contributed by atoms with Crippen LogP contribution in [0.3, 0.4) is 0 Å². The normalized spacial score (nSPS) is 3.69. The summed E-state index contributed by atoms with van der Waals surface area (Å²) in [6.07, 6.45) is 4.00. The third-order valence-electron chi connectivity index (χ3n) is 0. The van der Waals surface area contributed by atoms with Crippen molar-refractivity contribution in [1.82, 2.24) is 0 Å². The van der Waals surface area contributed by atoms with E-state index in [4.69, 9.17) is 19.2 Å². The van der Waals surface area contributed by atoms with E-state index in [-0.39, 0.29) is 26.2 Å². The average Bonchev–Trinajstić information content (AvgIpc) is 1.92. The van der Waals surface area contributed by atoms with Crippen LogP contribution in [0.2, 0.25) is 0 Å². The Hall–Kier alpha value is -1.24. The molecule has 0 radical (unpaired) electrons. The average molecular weight is 267 g/mol. The zero-order chi connectivity index (χ0) is 10.8. The van der Waals surface area contributed by atoms with Crippen LogP contribution in [-0.4, -0.2) is 25.6 Å². The molecule has 8 N–H and O–H groups in total. The summed E-state index contributed by atoms with van der Waals surface area (Å²) in [5, 5.41) is 0. The fraction of sp³-hybridized carbons (Fsp3) is 0. The molecular formula is C4H8N4O4Zr. The minimum Gasteiger partial charge on any atom is -0.543 e. The van der Waals surface area contributed by atoms with E-state index in [0.717, 1.165) is 25.6 Å². The SMILES string of the molecule is N[C-]=O.N[C-]=O.N[C-]=O.N[C-]=O.[Zr+4]. The van der Waals surface area contributed by atoms with Crippen LogP contribution in [0.5, 0.6) is 0 Å². The second kappa shape index (κ2) is 134. The van der Waals surface area contributed by atoms with Crippen LogP contribution in [0, 0.1) is 0 Å². The van der Waals surface area contributed by atoms with E-state index in [0.29, 0.717) is 0 Å². The van der Waals surface area contributed by atoms with E-state index in [1.807, 2.05) is 0 Å². The Morgan fingerprint density at radius 3 is 0.538 bits per heavy atom. The van der Waals surface area contributed by atoms with Crippen molar-refractivity contribution in [2.75, 3.05) is 0 Å². The van der Waals surface area contributed by atoms with Gasteiger partial charge in [0.05, 0.1) is 0 Å². The van der Waals surface area contributed by atoms with Crippen molar-refractivity contribution in [2.24, 2.45) is 22.9 Å². The van der Waals surface area contributed by atoms with Crippen molar-refractivity contribution < 1.29 is 45.4 Å². The molecule has 0 aliphatic rings. The molecule has 0 spiro atoms. The Labute approximate surface area is 94.1 Å². The van der Waals surface area contributed by atoms with Crippen LogP contribution in [0.4, 0.5) is 0 Å². The van der Waals surface area contributed by atoms with Gasteiger partial charge in [-0.2, -0.15) is 25.6 Å². The van der Waals surface area contributed by atoms with Crippen LogP contribution in [0.15, 0.2) is 0 Å². The predicted molar refractivity (Wildman–Crippen MR) is 39.5 cm³/mol. The molecule has 8 nitrogen and oxygen atoms in total. The van der Waals surface area contributed by atoms with Gasteiger partial charge in [0.25, 0.3) is 0 Å². The molecule has 0 atom stereocenters. The standard InChI is InChI=1S/4CH2NO.Zr/c4*2-1-3;/h4*(H2,2,3);/q4*-1;+4. The summed E-state index contributed by atoms with van der Waals surface area (Å²) in [5.74, 6) is 0. The summed E-state index contributed by atoms with van der Waals surface area (Å²) in [5.41, 5.74) is 16.2. The van der Waals surface area contributed by atoms with Crippen LogP contribution in [0.25, 0.3) is 0 Å². The van der Waals surface area contributed by atoms with Crippen LogP contribution >= 0.6 is 0 Å². The predicted octanol–water partition coefficient (Wildman–Crippen LogP) is -3.95. The number of hydrogen-bond acceptors (Lipinski definition) is 4. The molecular weight excluding hydrogens is 259 g/mol. The molecule has 9 heteroatoms. The summed E-state index contributed by atoms with van der Waals surface area (Å²) in [6, 6.07) is 0. The maximum absolute atomic E-state index is 8.46. The van der Waals surface area contributed by atoms with Crippen molar-refractivity contribution in [2.45, 2.75) is 0 Å². The van der Waals surface area contributed by atoms with Gasteiger partial charge >= 0.3 is 26.2 Å². The molecule has 0 heterocycles. The van der Waals surface area contributed by atoms with Gasteiger partial charge in [-0.15, -0.1) is 0 Å². The topological polar surface area (TPSA) is 172 Å². The molecule has 13 heavy (non-hydrogen) atoms. The Morgan fingerprint density at radius 2 is 0.538 bits per heavy atom. The Kier molecular flexibility index (Phi) is 308. The smallest absolute Gasteiger partial charge is 0.543 e. The molecule has 4 amide bonds. The molecule has 0 saturated heterocycles. The first-order valence-corrected chi connectivity index (χ1v) is 1.97. The van der Waals surface area contributed by atoms with Crippen molar-refractivity contribution >= 4 is 25.6 Å².